The molecule has 0 aliphatic carbocycles. The molecular weight excluding hydrogens is 168 g/mol. The molecule has 0 aromatic heterocycles. The van der Waals surface area contributed by atoms with Crippen LogP contribution in [0.3, 0.4) is 0 Å². The van der Waals surface area contributed by atoms with Crippen LogP contribution in [0, 0.1) is 0 Å². The third kappa shape index (κ3) is 6.54. The zero-order valence-electron chi connectivity index (χ0n) is 8.51. The van der Waals surface area contributed by atoms with Crippen molar-refractivity contribution in [2.75, 3.05) is 20.3 Å². The van der Waals surface area contributed by atoms with E-state index in [2.05, 4.69) is 5.32 Å². The molecule has 0 heterocycles. The van der Waals surface area contributed by atoms with Gasteiger partial charge in [-0.25, -0.2) is 0 Å². The van der Waals surface area contributed by atoms with Gasteiger partial charge in [-0.2, -0.15) is 0 Å². The van der Waals surface area contributed by atoms with Gasteiger partial charge in [0.1, 0.15) is 0 Å². The van der Waals surface area contributed by atoms with Gasteiger partial charge in [0.2, 0.25) is 5.91 Å². The number of hydrogen-bond donors (Lipinski definition) is 2. The van der Waals surface area contributed by atoms with Crippen LogP contribution in [-0.4, -0.2) is 32.2 Å². The van der Waals surface area contributed by atoms with E-state index >= 15 is 0 Å². The Bertz CT molecular complexity index is 140. The average molecular weight is 188 g/mol. The number of carbonyl (C=O) groups excluding carboxylic acids is 1. The molecule has 13 heavy (non-hydrogen) atoms. The van der Waals surface area contributed by atoms with E-state index in [0.29, 0.717) is 19.6 Å². The second-order valence-electron chi connectivity index (χ2n) is 2.99. The van der Waals surface area contributed by atoms with E-state index in [1.165, 1.54) is 0 Å². The van der Waals surface area contributed by atoms with Gasteiger partial charge >= 0.3 is 0 Å². The molecule has 0 rings (SSSR count). The molecular formula is C9H20N2O2. The zero-order valence-corrected chi connectivity index (χ0v) is 8.51. The smallest absolute Gasteiger partial charge is 0.222 e. The molecule has 0 radical (unpaired) electrons. The minimum Gasteiger partial charge on any atom is -0.384 e. The number of ether oxygens (including phenoxy) is 1. The maximum Gasteiger partial charge on any atom is 0.222 e. The molecule has 0 saturated carbocycles. The molecule has 3 N–H and O–H groups in total. The Hall–Kier alpha value is -0.610. The highest BCUT2D eigenvalue weighted by atomic mass is 16.5. The number of nitrogens with two attached hydrogens (primary N) is 1. The fourth-order valence-corrected chi connectivity index (χ4v) is 1.07. The van der Waals surface area contributed by atoms with E-state index in [0.717, 1.165) is 12.8 Å². The molecule has 1 unspecified atom stereocenters. The van der Waals surface area contributed by atoms with Crippen LogP contribution in [0.4, 0.5) is 0 Å². The number of hydrogen-bond acceptors (Lipinski definition) is 3. The van der Waals surface area contributed by atoms with Crippen molar-refractivity contribution in [3.8, 4) is 0 Å². The fourth-order valence-electron chi connectivity index (χ4n) is 1.07. The molecule has 0 fully saturated rings. The summed E-state index contributed by atoms with van der Waals surface area (Å²) in [6.45, 7) is 3.13. The van der Waals surface area contributed by atoms with E-state index in [9.17, 15) is 4.79 Å². The summed E-state index contributed by atoms with van der Waals surface area (Å²) in [6, 6.07) is 0.217. The monoisotopic (exact) mass is 188 g/mol. The van der Waals surface area contributed by atoms with Gasteiger partial charge in [0.15, 0.2) is 0 Å². The Kier molecular flexibility index (Phi) is 7.63. The molecule has 0 saturated heterocycles. The predicted octanol–water partition coefficient (Wildman–Crippen LogP) is 0.267. The lowest BCUT2D eigenvalue weighted by Gasteiger charge is -2.15. The van der Waals surface area contributed by atoms with Crippen molar-refractivity contribution in [3.05, 3.63) is 0 Å². The van der Waals surface area contributed by atoms with Gasteiger partial charge in [0, 0.05) is 19.6 Å². The van der Waals surface area contributed by atoms with Crippen molar-refractivity contribution in [1.29, 1.82) is 0 Å². The minimum atomic E-state index is 0.0437. The number of methoxy groups -OCH3 is 1. The Morgan fingerprint density at radius 1 is 1.62 bits per heavy atom. The summed E-state index contributed by atoms with van der Waals surface area (Å²) in [6.07, 6.45) is 2.20. The maximum absolute atomic E-state index is 11.2. The zero-order chi connectivity index (χ0) is 10.1. The second-order valence-corrected chi connectivity index (χ2v) is 2.99. The summed E-state index contributed by atoms with van der Waals surface area (Å²) in [7, 11) is 1.59. The third-order valence-electron chi connectivity index (χ3n) is 1.91. The first kappa shape index (κ1) is 12.4. The topological polar surface area (TPSA) is 64.3 Å². The normalized spacial score (nSPS) is 12.5. The third-order valence-corrected chi connectivity index (χ3v) is 1.91. The van der Waals surface area contributed by atoms with Crippen LogP contribution in [0.1, 0.15) is 26.2 Å². The van der Waals surface area contributed by atoms with E-state index in [4.69, 9.17) is 10.5 Å². The molecule has 0 spiro atoms. The van der Waals surface area contributed by atoms with E-state index in [-0.39, 0.29) is 11.9 Å². The molecule has 4 heteroatoms. The summed E-state index contributed by atoms with van der Waals surface area (Å²) < 4.78 is 4.80. The van der Waals surface area contributed by atoms with Gasteiger partial charge in [0.25, 0.3) is 0 Å². The van der Waals surface area contributed by atoms with Crippen molar-refractivity contribution in [1.82, 2.24) is 5.32 Å². The fraction of sp³-hybridized carbons (Fsp3) is 0.889. The highest BCUT2D eigenvalue weighted by Gasteiger charge is 2.08. The molecule has 4 nitrogen and oxygen atoms in total. The van der Waals surface area contributed by atoms with Gasteiger partial charge < -0.3 is 15.8 Å². The average Bonchev–Trinajstić information content (AvgIpc) is 2.14. The lowest BCUT2D eigenvalue weighted by molar-refractivity contribution is -0.122. The Labute approximate surface area is 79.8 Å². The molecule has 0 bridgehead atoms. The summed E-state index contributed by atoms with van der Waals surface area (Å²) in [5.41, 5.74) is 5.40. The second kappa shape index (κ2) is 8.01. The van der Waals surface area contributed by atoms with Crippen molar-refractivity contribution in [3.63, 3.8) is 0 Å². The summed E-state index contributed by atoms with van der Waals surface area (Å²) in [5.74, 6) is 0.0437. The van der Waals surface area contributed by atoms with E-state index in [1.807, 2.05) is 6.92 Å². The van der Waals surface area contributed by atoms with Crippen molar-refractivity contribution in [2.45, 2.75) is 32.2 Å². The lowest BCUT2D eigenvalue weighted by atomic mass is 10.1. The molecule has 1 amide bonds. The standard InChI is InChI=1S/C9H20N2O2/c1-3-8(4-6-10)11-9(12)5-7-13-2/h8H,3-7,10H2,1-2H3,(H,11,12). The highest BCUT2D eigenvalue weighted by molar-refractivity contribution is 5.76. The summed E-state index contributed by atoms with van der Waals surface area (Å²) in [5, 5.41) is 2.90. The molecule has 1 atom stereocenters. The van der Waals surface area contributed by atoms with Gasteiger partial charge in [-0.3, -0.25) is 4.79 Å². The SMILES string of the molecule is CCC(CCN)NC(=O)CCOC. The number of carbonyl (C=O) groups is 1. The van der Waals surface area contributed by atoms with Gasteiger partial charge in [-0.1, -0.05) is 6.92 Å². The van der Waals surface area contributed by atoms with Crippen molar-refractivity contribution in [2.24, 2.45) is 5.73 Å². The van der Waals surface area contributed by atoms with E-state index in [1.54, 1.807) is 7.11 Å². The number of amides is 1. The molecule has 78 valence electrons. The van der Waals surface area contributed by atoms with Crippen LogP contribution in [0.2, 0.25) is 0 Å². The van der Waals surface area contributed by atoms with Crippen molar-refractivity contribution < 1.29 is 9.53 Å². The Balaban J connectivity index is 3.60. The van der Waals surface area contributed by atoms with Gasteiger partial charge in [-0.05, 0) is 19.4 Å². The first-order valence-electron chi connectivity index (χ1n) is 4.73. The van der Waals surface area contributed by atoms with Crippen LogP contribution in [0.25, 0.3) is 0 Å². The van der Waals surface area contributed by atoms with Crippen molar-refractivity contribution >= 4 is 5.91 Å². The van der Waals surface area contributed by atoms with Crippen LogP contribution >= 0.6 is 0 Å². The van der Waals surface area contributed by atoms with Crippen LogP contribution < -0.4 is 11.1 Å². The first-order chi connectivity index (χ1) is 6.24. The van der Waals surface area contributed by atoms with Crippen LogP contribution in [-0.2, 0) is 9.53 Å². The summed E-state index contributed by atoms with van der Waals surface area (Å²) >= 11 is 0. The Morgan fingerprint density at radius 2 is 2.31 bits per heavy atom. The van der Waals surface area contributed by atoms with E-state index < -0.39 is 0 Å². The maximum atomic E-state index is 11.2. The Morgan fingerprint density at radius 3 is 2.77 bits per heavy atom. The molecule has 0 aliphatic heterocycles. The lowest BCUT2D eigenvalue weighted by Crippen LogP contribution is -2.36. The van der Waals surface area contributed by atoms with Gasteiger partial charge in [0.05, 0.1) is 6.61 Å². The quantitative estimate of drug-likeness (QED) is 0.602. The van der Waals surface area contributed by atoms with Crippen LogP contribution in [0.5, 0.6) is 0 Å². The highest BCUT2D eigenvalue weighted by Crippen LogP contribution is 1.96. The van der Waals surface area contributed by atoms with Crippen LogP contribution in [0.15, 0.2) is 0 Å². The number of rotatable bonds is 7. The summed E-state index contributed by atoms with van der Waals surface area (Å²) in [4.78, 5) is 11.2. The number of nitrogens with one attached hydrogen (secondary N) is 1. The van der Waals surface area contributed by atoms with Gasteiger partial charge in [-0.15, -0.1) is 0 Å². The molecule has 0 aliphatic rings. The predicted molar refractivity (Wildman–Crippen MR) is 52.4 cm³/mol. The molecule has 0 aromatic carbocycles. The largest absolute Gasteiger partial charge is 0.384 e. The molecule has 0 aromatic rings. The minimum absolute atomic E-state index is 0.0437. The first-order valence-corrected chi connectivity index (χ1v) is 4.73.